The Hall–Kier alpha value is -2.00. The summed E-state index contributed by atoms with van der Waals surface area (Å²) in [6, 6.07) is -0.146. The highest BCUT2D eigenvalue weighted by Crippen LogP contribution is 2.20. The van der Waals surface area contributed by atoms with Crippen LogP contribution >= 0.6 is 22.7 Å². The summed E-state index contributed by atoms with van der Waals surface area (Å²) >= 11 is 2.95. The van der Waals surface area contributed by atoms with Gasteiger partial charge in [-0.25, -0.2) is 14.8 Å². The van der Waals surface area contributed by atoms with Crippen molar-refractivity contribution in [2.45, 2.75) is 26.3 Å². The van der Waals surface area contributed by atoms with Gasteiger partial charge < -0.3 is 15.5 Å². The van der Waals surface area contributed by atoms with Crippen molar-refractivity contribution in [3.05, 3.63) is 27.7 Å². The van der Waals surface area contributed by atoms with Crippen LogP contribution < -0.4 is 10.6 Å². The second kappa shape index (κ2) is 7.71. The zero-order chi connectivity index (χ0) is 16.9. The van der Waals surface area contributed by atoms with E-state index < -0.39 is 0 Å². The zero-order valence-electron chi connectivity index (χ0n) is 13.3. The number of nitrogens with zero attached hydrogens (tertiary/aromatic N) is 3. The molecule has 2 aromatic heterocycles. The van der Waals surface area contributed by atoms with Crippen LogP contribution in [0, 0.1) is 12.8 Å². The number of aryl methyl sites for hydroxylation is 1. The van der Waals surface area contributed by atoms with Crippen molar-refractivity contribution in [1.82, 2.24) is 20.2 Å². The highest BCUT2D eigenvalue weighted by Gasteiger charge is 2.28. The minimum atomic E-state index is -0.199. The lowest BCUT2D eigenvalue weighted by Crippen LogP contribution is -2.47. The van der Waals surface area contributed by atoms with Gasteiger partial charge in [0.1, 0.15) is 0 Å². The second-order valence-electron chi connectivity index (χ2n) is 5.63. The van der Waals surface area contributed by atoms with Crippen molar-refractivity contribution in [2.75, 3.05) is 18.4 Å². The molecule has 0 bridgehead atoms. The first-order chi connectivity index (χ1) is 11.6. The molecule has 0 aliphatic carbocycles. The summed E-state index contributed by atoms with van der Waals surface area (Å²) in [4.78, 5) is 34.7. The summed E-state index contributed by atoms with van der Waals surface area (Å²) in [6.07, 6.45) is 3.26. The minimum Gasteiger partial charge on any atom is -0.332 e. The van der Waals surface area contributed by atoms with E-state index in [2.05, 4.69) is 20.6 Å². The van der Waals surface area contributed by atoms with E-state index in [1.165, 1.54) is 11.3 Å². The third kappa shape index (κ3) is 4.30. The molecule has 3 rings (SSSR count). The Morgan fingerprint density at radius 2 is 2.29 bits per heavy atom. The number of carbonyl (C=O) groups is 2. The fourth-order valence-electron chi connectivity index (χ4n) is 2.64. The molecular weight excluding hydrogens is 346 g/mol. The number of piperidine rings is 1. The van der Waals surface area contributed by atoms with Crippen LogP contribution in [0.3, 0.4) is 0 Å². The number of thiazole rings is 2. The molecule has 1 atom stereocenters. The van der Waals surface area contributed by atoms with Gasteiger partial charge in [-0.1, -0.05) is 0 Å². The summed E-state index contributed by atoms with van der Waals surface area (Å²) in [5.74, 6) is -0.271. The van der Waals surface area contributed by atoms with E-state index in [1.807, 2.05) is 17.7 Å². The number of anilines is 1. The van der Waals surface area contributed by atoms with E-state index in [0.29, 0.717) is 24.8 Å². The Morgan fingerprint density at radius 1 is 1.42 bits per heavy atom. The van der Waals surface area contributed by atoms with E-state index in [1.54, 1.807) is 22.4 Å². The zero-order valence-corrected chi connectivity index (χ0v) is 15.0. The van der Waals surface area contributed by atoms with E-state index in [0.717, 1.165) is 23.5 Å². The predicted octanol–water partition coefficient (Wildman–Crippen LogP) is 2.47. The molecule has 0 spiro atoms. The van der Waals surface area contributed by atoms with E-state index in [4.69, 9.17) is 0 Å². The molecule has 1 saturated heterocycles. The molecule has 24 heavy (non-hydrogen) atoms. The molecule has 1 unspecified atom stereocenters. The Bertz CT molecular complexity index is 701. The molecule has 1 aliphatic heterocycles. The topological polar surface area (TPSA) is 87.2 Å². The van der Waals surface area contributed by atoms with Crippen molar-refractivity contribution in [3.63, 3.8) is 0 Å². The molecule has 7 nitrogen and oxygen atoms in total. The summed E-state index contributed by atoms with van der Waals surface area (Å²) in [5, 5.41) is 11.0. The Morgan fingerprint density at radius 3 is 3.00 bits per heavy atom. The van der Waals surface area contributed by atoms with E-state index in [9.17, 15) is 9.59 Å². The summed E-state index contributed by atoms with van der Waals surface area (Å²) in [5.41, 5.74) is 0.862. The van der Waals surface area contributed by atoms with E-state index in [-0.39, 0.29) is 17.9 Å². The smallest absolute Gasteiger partial charge is 0.317 e. The lowest BCUT2D eigenvalue weighted by molar-refractivity contribution is -0.121. The fourth-order valence-corrected chi connectivity index (χ4v) is 3.78. The lowest BCUT2D eigenvalue weighted by atomic mass is 9.97. The molecule has 1 aliphatic rings. The number of amides is 3. The van der Waals surface area contributed by atoms with Crippen LogP contribution in [0.15, 0.2) is 17.0 Å². The van der Waals surface area contributed by atoms with Crippen LogP contribution in [-0.4, -0.2) is 39.9 Å². The van der Waals surface area contributed by atoms with Crippen molar-refractivity contribution < 1.29 is 9.59 Å². The van der Waals surface area contributed by atoms with Gasteiger partial charge >= 0.3 is 6.03 Å². The number of carbonyl (C=O) groups excluding carboxylic acids is 2. The molecule has 0 aromatic carbocycles. The monoisotopic (exact) mass is 365 g/mol. The number of rotatable bonds is 4. The average molecular weight is 365 g/mol. The Kier molecular flexibility index (Phi) is 5.41. The number of aromatic nitrogens is 2. The highest BCUT2D eigenvalue weighted by atomic mass is 32.1. The fraction of sp³-hybridized carbons (Fsp3) is 0.467. The van der Waals surface area contributed by atoms with Gasteiger partial charge in [0.05, 0.1) is 23.2 Å². The minimum absolute atomic E-state index is 0.0717. The molecule has 3 heterocycles. The van der Waals surface area contributed by atoms with Gasteiger partial charge in [-0.3, -0.25) is 4.79 Å². The molecule has 2 N–H and O–H groups in total. The molecule has 1 fully saturated rings. The van der Waals surface area contributed by atoms with Crippen LogP contribution in [0.1, 0.15) is 23.5 Å². The van der Waals surface area contributed by atoms with Gasteiger partial charge in [-0.05, 0) is 19.8 Å². The van der Waals surface area contributed by atoms with Gasteiger partial charge in [-0.2, -0.15) is 0 Å². The number of hydrogen-bond donors (Lipinski definition) is 2. The van der Waals surface area contributed by atoms with E-state index >= 15 is 0 Å². The first kappa shape index (κ1) is 16.8. The maximum atomic E-state index is 12.3. The normalized spacial score (nSPS) is 17.5. The molecule has 9 heteroatoms. The van der Waals surface area contributed by atoms with Gasteiger partial charge in [0.25, 0.3) is 0 Å². The first-order valence-corrected chi connectivity index (χ1v) is 9.52. The van der Waals surface area contributed by atoms with Crippen LogP contribution in [-0.2, 0) is 11.3 Å². The highest BCUT2D eigenvalue weighted by molar-refractivity contribution is 7.13. The summed E-state index contributed by atoms with van der Waals surface area (Å²) < 4.78 is 0. The maximum absolute atomic E-state index is 12.3. The van der Waals surface area contributed by atoms with Gasteiger partial charge in [-0.15, -0.1) is 22.7 Å². The SMILES string of the molecule is Cc1nc(CNC(=O)N2CCCC(C(=O)Nc3nccs3)C2)cs1. The van der Waals surface area contributed by atoms with Crippen LogP contribution in [0.4, 0.5) is 9.93 Å². The molecule has 0 saturated carbocycles. The Labute approximate surface area is 148 Å². The first-order valence-electron chi connectivity index (χ1n) is 7.76. The van der Waals surface area contributed by atoms with Crippen LogP contribution in [0.5, 0.6) is 0 Å². The molecule has 2 aromatic rings. The van der Waals surface area contributed by atoms with Crippen molar-refractivity contribution in [1.29, 1.82) is 0 Å². The maximum Gasteiger partial charge on any atom is 0.317 e. The third-order valence-electron chi connectivity index (χ3n) is 3.83. The molecule has 3 amide bonds. The number of hydrogen-bond acceptors (Lipinski definition) is 6. The third-order valence-corrected chi connectivity index (χ3v) is 5.34. The largest absolute Gasteiger partial charge is 0.332 e. The number of urea groups is 1. The Balaban J connectivity index is 1.50. The average Bonchev–Trinajstić information content (AvgIpc) is 3.24. The molecular formula is C15H19N5O2S2. The summed E-state index contributed by atoms with van der Waals surface area (Å²) in [7, 11) is 0. The lowest BCUT2D eigenvalue weighted by Gasteiger charge is -2.31. The van der Waals surface area contributed by atoms with Gasteiger partial charge in [0.15, 0.2) is 5.13 Å². The van der Waals surface area contributed by atoms with Crippen LogP contribution in [0.25, 0.3) is 0 Å². The predicted molar refractivity (Wildman–Crippen MR) is 94.1 cm³/mol. The van der Waals surface area contributed by atoms with Crippen molar-refractivity contribution in [2.24, 2.45) is 5.92 Å². The quantitative estimate of drug-likeness (QED) is 0.871. The van der Waals surface area contributed by atoms with Gasteiger partial charge in [0.2, 0.25) is 5.91 Å². The van der Waals surface area contributed by atoms with Crippen molar-refractivity contribution >= 4 is 39.7 Å². The standard InChI is InChI=1S/C15H19N5O2S2/c1-10-18-12(9-24-10)7-17-15(22)20-5-2-3-11(8-20)13(21)19-14-16-4-6-23-14/h4,6,9,11H,2-3,5,7-8H2,1H3,(H,17,22)(H,16,19,21). The van der Waals surface area contributed by atoms with Crippen molar-refractivity contribution in [3.8, 4) is 0 Å². The summed E-state index contributed by atoms with van der Waals surface area (Å²) in [6.45, 7) is 3.45. The number of nitrogens with one attached hydrogen (secondary N) is 2. The molecule has 0 radical (unpaired) electrons. The van der Waals surface area contributed by atoms with Gasteiger partial charge in [0, 0.05) is 30.0 Å². The number of likely N-dealkylation sites (tertiary alicyclic amines) is 1. The molecule has 128 valence electrons. The second-order valence-corrected chi connectivity index (χ2v) is 7.59. The van der Waals surface area contributed by atoms with Crippen LogP contribution in [0.2, 0.25) is 0 Å².